The van der Waals surface area contributed by atoms with Gasteiger partial charge in [0.2, 0.25) is 0 Å². The van der Waals surface area contributed by atoms with Crippen LogP contribution in [0.1, 0.15) is 16.7 Å². The van der Waals surface area contributed by atoms with E-state index in [0.29, 0.717) is 10.0 Å². The van der Waals surface area contributed by atoms with E-state index in [0.717, 1.165) is 40.8 Å². The zero-order chi connectivity index (χ0) is 20.4. The molecule has 1 N–H and O–H groups in total. The molecule has 0 aliphatic carbocycles. The number of hydrogen-bond donors (Lipinski definition) is 1. The van der Waals surface area contributed by atoms with E-state index >= 15 is 0 Å². The summed E-state index contributed by atoms with van der Waals surface area (Å²) in [6, 6.07) is 20.2. The van der Waals surface area contributed by atoms with Crippen molar-refractivity contribution in [2.75, 3.05) is 6.54 Å². The molecule has 0 radical (unpaired) electrons. The first kappa shape index (κ1) is 19.6. The number of hydrogen-bond acceptors (Lipinski definition) is 2. The number of nitrogens with zero attached hydrogens (tertiary/aromatic N) is 2. The second-order valence-corrected chi connectivity index (χ2v) is 7.85. The molecule has 0 amide bonds. The average Bonchev–Trinajstić information content (AvgIpc) is 3.14. The van der Waals surface area contributed by atoms with Crippen LogP contribution in [-0.4, -0.2) is 16.3 Å². The van der Waals surface area contributed by atoms with Crippen molar-refractivity contribution in [2.24, 2.45) is 0 Å². The number of rotatable bonds is 6. The van der Waals surface area contributed by atoms with Gasteiger partial charge in [-0.15, -0.1) is 0 Å². The smallest absolute Gasteiger partial charge is 0.0747 e. The maximum atomic E-state index is 6.18. The van der Waals surface area contributed by atoms with Gasteiger partial charge in [-0.25, -0.2) is 4.68 Å². The molecule has 1 heterocycles. The van der Waals surface area contributed by atoms with Gasteiger partial charge in [0.05, 0.1) is 27.4 Å². The summed E-state index contributed by atoms with van der Waals surface area (Å²) < 4.78 is 1.86. The highest BCUT2D eigenvalue weighted by molar-refractivity contribution is 6.42. The molecule has 5 heteroatoms. The quantitative estimate of drug-likeness (QED) is 0.387. The summed E-state index contributed by atoms with van der Waals surface area (Å²) >= 11 is 12.2. The van der Waals surface area contributed by atoms with Crippen molar-refractivity contribution in [2.45, 2.75) is 13.3 Å². The van der Waals surface area contributed by atoms with Crippen molar-refractivity contribution < 1.29 is 0 Å². The van der Waals surface area contributed by atoms with Gasteiger partial charge >= 0.3 is 0 Å². The predicted molar refractivity (Wildman–Crippen MR) is 123 cm³/mol. The molecule has 0 aliphatic heterocycles. The molecule has 0 fully saturated rings. The molecule has 146 valence electrons. The lowest BCUT2D eigenvalue weighted by Crippen LogP contribution is -2.15. The Bertz CT molecular complexity index is 1190. The van der Waals surface area contributed by atoms with E-state index in [1.165, 1.54) is 11.1 Å². The summed E-state index contributed by atoms with van der Waals surface area (Å²) in [6.07, 6.45) is 2.81. The SMILES string of the molecule is C=C(NCCc1cccc(C)c1)c1cccc2c1cnn2-c1ccc(Cl)c(Cl)c1. The van der Waals surface area contributed by atoms with Crippen LogP contribution in [0.25, 0.3) is 22.3 Å². The van der Waals surface area contributed by atoms with Crippen LogP contribution >= 0.6 is 23.2 Å². The zero-order valence-electron chi connectivity index (χ0n) is 16.1. The Morgan fingerprint density at radius 1 is 1.03 bits per heavy atom. The molecule has 0 spiro atoms. The van der Waals surface area contributed by atoms with E-state index in [9.17, 15) is 0 Å². The molecule has 0 aliphatic rings. The van der Waals surface area contributed by atoms with Crippen molar-refractivity contribution in [3.63, 3.8) is 0 Å². The molecule has 4 aromatic rings. The topological polar surface area (TPSA) is 29.9 Å². The molecule has 0 atom stereocenters. The van der Waals surface area contributed by atoms with Gasteiger partial charge in [-0.3, -0.25) is 0 Å². The minimum absolute atomic E-state index is 0.506. The van der Waals surface area contributed by atoms with Gasteiger partial charge < -0.3 is 5.32 Å². The van der Waals surface area contributed by atoms with E-state index in [2.05, 4.69) is 54.2 Å². The van der Waals surface area contributed by atoms with Gasteiger partial charge in [-0.2, -0.15) is 5.10 Å². The summed E-state index contributed by atoms with van der Waals surface area (Å²) in [4.78, 5) is 0. The van der Waals surface area contributed by atoms with Crippen molar-refractivity contribution >= 4 is 39.8 Å². The molecular weight excluding hydrogens is 401 g/mol. The predicted octanol–water partition coefficient (Wildman–Crippen LogP) is 6.44. The van der Waals surface area contributed by atoms with Crippen LogP contribution in [0.4, 0.5) is 0 Å². The number of nitrogens with one attached hydrogen (secondary N) is 1. The number of halogens is 2. The van der Waals surface area contributed by atoms with Crippen LogP contribution in [0, 0.1) is 6.92 Å². The number of fused-ring (bicyclic) bond motifs is 1. The average molecular weight is 422 g/mol. The van der Waals surface area contributed by atoms with Gasteiger partial charge in [0.1, 0.15) is 0 Å². The van der Waals surface area contributed by atoms with Crippen molar-refractivity contribution in [1.29, 1.82) is 0 Å². The minimum Gasteiger partial charge on any atom is -0.385 e. The number of benzene rings is 3. The molecule has 0 saturated heterocycles. The molecule has 3 nitrogen and oxygen atoms in total. The Morgan fingerprint density at radius 2 is 1.86 bits per heavy atom. The van der Waals surface area contributed by atoms with Gasteiger partial charge in [-0.05, 0) is 43.2 Å². The Kier molecular flexibility index (Phi) is 5.61. The van der Waals surface area contributed by atoms with Crippen LogP contribution in [0.15, 0.2) is 73.4 Å². The summed E-state index contributed by atoms with van der Waals surface area (Å²) in [7, 11) is 0. The monoisotopic (exact) mass is 421 g/mol. The first-order chi connectivity index (χ1) is 14.0. The maximum Gasteiger partial charge on any atom is 0.0747 e. The van der Waals surface area contributed by atoms with E-state index in [-0.39, 0.29) is 0 Å². The number of aryl methyl sites for hydroxylation is 1. The van der Waals surface area contributed by atoms with Crippen LogP contribution < -0.4 is 5.32 Å². The third-order valence-corrected chi connectivity index (χ3v) is 5.66. The fourth-order valence-electron chi connectivity index (χ4n) is 3.46. The highest BCUT2D eigenvalue weighted by atomic mass is 35.5. The molecule has 0 saturated carbocycles. The van der Waals surface area contributed by atoms with Crippen molar-refractivity contribution in [3.8, 4) is 5.69 Å². The highest BCUT2D eigenvalue weighted by Crippen LogP contribution is 2.28. The molecule has 1 aromatic heterocycles. The first-order valence-corrected chi connectivity index (χ1v) is 10.2. The second kappa shape index (κ2) is 8.32. The third kappa shape index (κ3) is 4.16. The van der Waals surface area contributed by atoms with Gasteiger partial charge in [0, 0.05) is 23.2 Å². The minimum atomic E-state index is 0.506. The maximum absolute atomic E-state index is 6.18. The zero-order valence-corrected chi connectivity index (χ0v) is 17.6. The fraction of sp³-hybridized carbons (Fsp3) is 0.125. The van der Waals surface area contributed by atoms with Crippen LogP contribution in [0.2, 0.25) is 10.0 Å². The van der Waals surface area contributed by atoms with Crippen LogP contribution in [-0.2, 0) is 6.42 Å². The molecule has 0 bridgehead atoms. The summed E-state index contributed by atoms with van der Waals surface area (Å²) in [5, 5.41) is 10.1. The number of aromatic nitrogens is 2. The normalized spacial score (nSPS) is 11.0. The molecular formula is C24H21Cl2N3. The molecule has 3 aromatic carbocycles. The largest absolute Gasteiger partial charge is 0.385 e. The third-order valence-electron chi connectivity index (χ3n) is 4.92. The molecule has 29 heavy (non-hydrogen) atoms. The Hall–Kier alpha value is -2.75. The van der Waals surface area contributed by atoms with E-state index in [1.807, 2.05) is 35.1 Å². The summed E-state index contributed by atoms with van der Waals surface area (Å²) in [5.74, 6) is 0. The lowest BCUT2D eigenvalue weighted by Gasteiger charge is -2.12. The Balaban J connectivity index is 1.55. The van der Waals surface area contributed by atoms with E-state index in [1.54, 1.807) is 6.07 Å². The first-order valence-electron chi connectivity index (χ1n) is 9.44. The second-order valence-electron chi connectivity index (χ2n) is 7.04. The highest BCUT2D eigenvalue weighted by Gasteiger charge is 2.11. The van der Waals surface area contributed by atoms with E-state index < -0.39 is 0 Å². The van der Waals surface area contributed by atoms with Crippen LogP contribution in [0.3, 0.4) is 0 Å². The Morgan fingerprint density at radius 3 is 2.66 bits per heavy atom. The van der Waals surface area contributed by atoms with Crippen molar-refractivity contribution in [1.82, 2.24) is 15.1 Å². The standard InChI is InChI=1S/C24H21Cl2N3/c1-16-5-3-6-18(13-16)11-12-27-17(2)20-7-4-8-24-21(20)15-28-29(24)19-9-10-22(25)23(26)14-19/h3-10,13-15,27H,2,11-12H2,1H3. The van der Waals surface area contributed by atoms with Crippen molar-refractivity contribution in [3.05, 3.63) is 100 Å². The lowest BCUT2D eigenvalue weighted by atomic mass is 10.1. The summed E-state index contributed by atoms with van der Waals surface area (Å²) in [6.45, 7) is 7.18. The lowest BCUT2D eigenvalue weighted by molar-refractivity contribution is 0.849. The fourth-order valence-corrected chi connectivity index (χ4v) is 3.75. The summed E-state index contributed by atoms with van der Waals surface area (Å²) in [5.41, 5.74) is 6.37. The van der Waals surface area contributed by atoms with Gasteiger partial charge in [0.25, 0.3) is 0 Å². The van der Waals surface area contributed by atoms with Gasteiger partial charge in [-0.1, -0.05) is 71.7 Å². The molecule has 0 unspecified atom stereocenters. The van der Waals surface area contributed by atoms with Crippen LogP contribution in [0.5, 0.6) is 0 Å². The van der Waals surface area contributed by atoms with Gasteiger partial charge in [0.15, 0.2) is 0 Å². The Labute approximate surface area is 180 Å². The van der Waals surface area contributed by atoms with E-state index in [4.69, 9.17) is 23.2 Å². The molecule has 4 rings (SSSR count).